The first kappa shape index (κ1) is 10.2. The summed E-state index contributed by atoms with van der Waals surface area (Å²) in [5.74, 6) is -2.74. The van der Waals surface area contributed by atoms with Gasteiger partial charge in [-0.15, -0.1) is 0 Å². The number of rotatable bonds is 1. The lowest BCUT2D eigenvalue weighted by molar-refractivity contribution is 0.396. The summed E-state index contributed by atoms with van der Waals surface area (Å²) in [7, 11) is 0. The molecule has 1 aliphatic heterocycles. The Kier molecular flexibility index (Phi) is 2.73. The van der Waals surface area contributed by atoms with Gasteiger partial charge in [0.2, 0.25) is 0 Å². The van der Waals surface area contributed by atoms with Gasteiger partial charge in [-0.05, 0) is 0 Å². The molecule has 1 aromatic carbocycles. The highest BCUT2D eigenvalue weighted by Crippen LogP contribution is 2.26. The van der Waals surface area contributed by atoms with Crippen LogP contribution in [-0.2, 0) is 0 Å². The highest BCUT2D eigenvalue weighted by molar-refractivity contribution is 5.50. The third-order valence-electron chi connectivity index (χ3n) is 2.48. The van der Waals surface area contributed by atoms with Crippen molar-refractivity contribution in [3.05, 3.63) is 23.8 Å². The van der Waals surface area contributed by atoms with Gasteiger partial charge in [0.05, 0.1) is 0 Å². The zero-order valence-corrected chi connectivity index (χ0v) is 8.13. The van der Waals surface area contributed by atoms with Gasteiger partial charge in [0.25, 0.3) is 0 Å². The quantitative estimate of drug-likeness (QED) is 0.734. The van der Waals surface area contributed by atoms with E-state index in [1.54, 1.807) is 0 Å². The molecule has 1 saturated heterocycles. The second-order valence-electron chi connectivity index (χ2n) is 3.50. The van der Waals surface area contributed by atoms with Crippen LogP contribution in [0.5, 0.6) is 5.75 Å². The first-order valence-corrected chi connectivity index (χ1v) is 4.82. The number of hydrogen-bond donors (Lipinski definition) is 2. The average Bonchev–Trinajstić information content (AvgIpc) is 2.26. The van der Waals surface area contributed by atoms with Gasteiger partial charge < -0.3 is 15.3 Å². The Morgan fingerprint density at radius 3 is 2.20 bits per heavy atom. The van der Waals surface area contributed by atoms with Gasteiger partial charge in [-0.2, -0.15) is 0 Å². The summed E-state index contributed by atoms with van der Waals surface area (Å²) in [5.41, 5.74) is 0.476. The normalized spacial score (nSPS) is 16.8. The molecule has 0 unspecified atom stereocenters. The van der Waals surface area contributed by atoms with Crippen molar-refractivity contribution in [1.29, 1.82) is 0 Å². The van der Waals surface area contributed by atoms with E-state index < -0.39 is 17.4 Å². The lowest BCUT2D eigenvalue weighted by Gasteiger charge is -2.29. The van der Waals surface area contributed by atoms with Crippen LogP contribution in [0.2, 0.25) is 0 Å². The Morgan fingerprint density at radius 2 is 1.67 bits per heavy atom. The number of nitrogens with zero attached hydrogens (tertiary/aromatic N) is 1. The third kappa shape index (κ3) is 2.02. The molecule has 0 bridgehead atoms. The molecular formula is C10H12F2N2O. The maximum absolute atomic E-state index is 13.1. The Hall–Kier alpha value is -1.36. The molecule has 1 aliphatic rings. The van der Waals surface area contributed by atoms with Crippen LogP contribution in [0.4, 0.5) is 14.5 Å². The van der Waals surface area contributed by atoms with Crippen molar-refractivity contribution in [3.8, 4) is 5.75 Å². The number of piperazine rings is 1. The summed E-state index contributed by atoms with van der Waals surface area (Å²) < 4.78 is 26.1. The predicted molar refractivity (Wildman–Crippen MR) is 53.1 cm³/mol. The first-order valence-electron chi connectivity index (χ1n) is 4.82. The van der Waals surface area contributed by atoms with Gasteiger partial charge >= 0.3 is 0 Å². The molecule has 0 atom stereocenters. The summed E-state index contributed by atoms with van der Waals surface area (Å²) >= 11 is 0. The van der Waals surface area contributed by atoms with Crippen LogP contribution < -0.4 is 10.2 Å². The number of nitrogens with one attached hydrogen (secondary N) is 1. The molecule has 1 aromatic rings. The molecule has 0 radical (unpaired) electrons. The molecular weight excluding hydrogens is 202 g/mol. The van der Waals surface area contributed by atoms with Crippen molar-refractivity contribution in [3.63, 3.8) is 0 Å². The minimum Gasteiger partial charge on any atom is -0.503 e. The zero-order chi connectivity index (χ0) is 10.8. The lowest BCUT2D eigenvalue weighted by atomic mass is 10.2. The van der Waals surface area contributed by atoms with Crippen LogP contribution >= 0.6 is 0 Å². The number of phenolic OH excluding ortho intramolecular Hbond substituents is 1. The number of anilines is 1. The fraction of sp³-hybridized carbons (Fsp3) is 0.400. The van der Waals surface area contributed by atoms with Crippen LogP contribution in [0.25, 0.3) is 0 Å². The van der Waals surface area contributed by atoms with Gasteiger partial charge in [-0.3, -0.25) is 0 Å². The smallest absolute Gasteiger partial charge is 0.187 e. The lowest BCUT2D eigenvalue weighted by Crippen LogP contribution is -2.43. The maximum Gasteiger partial charge on any atom is 0.187 e. The van der Waals surface area contributed by atoms with Gasteiger partial charge in [0.15, 0.2) is 17.4 Å². The standard InChI is InChI=1S/C10H12F2N2O/c11-8-5-7(6-9(12)10(8)15)14-3-1-13-2-4-14/h5-6,13,15H,1-4H2. The molecule has 2 N–H and O–H groups in total. The minimum absolute atomic E-state index is 0.476. The zero-order valence-electron chi connectivity index (χ0n) is 8.13. The van der Waals surface area contributed by atoms with Crippen molar-refractivity contribution in [1.82, 2.24) is 5.32 Å². The minimum atomic E-state index is -0.913. The number of aromatic hydroxyl groups is 1. The second-order valence-corrected chi connectivity index (χ2v) is 3.50. The van der Waals surface area contributed by atoms with E-state index in [1.165, 1.54) is 0 Å². The second kappa shape index (κ2) is 4.02. The van der Waals surface area contributed by atoms with Crippen molar-refractivity contribution in [2.45, 2.75) is 0 Å². The van der Waals surface area contributed by atoms with Crippen LogP contribution in [0.1, 0.15) is 0 Å². The molecule has 15 heavy (non-hydrogen) atoms. The molecule has 0 aromatic heterocycles. The number of hydrogen-bond acceptors (Lipinski definition) is 3. The number of benzene rings is 1. The van der Waals surface area contributed by atoms with Crippen LogP contribution in [0.3, 0.4) is 0 Å². The van der Waals surface area contributed by atoms with E-state index in [0.717, 1.165) is 25.2 Å². The van der Waals surface area contributed by atoms with E-state index in [0.29, 0.717) is 18.8 Å². The summed E-state index contributed by atoms with van der Waals surface area (Å²) in [5, 5.41) is 12.1. The van der Waals surface area contributed by atoms with Crippen LogP contribution in [0.15, 0.2) is 12.1 Å². The Labute approximate surface area is 86.3 Å². The van der Waals surface area contributed by atoms with Gasteiger partial charge in [0.1, 0.15) is 0 Å². The molecule has 0 amide bonds. The van der Waals surface area contributed by atoms with E-state index in [4.69, 9.17) is 5.11 Å². The molecule has 1 fully saturated rings. The summed E-state index contributed by atoms with van der Waals surface area (Å²) in [6, 6.07) is 2.31. The van der Waals surface area contributed by atoms with Crippen molar-refractivity contribution in [2.24, 2.45) is 0 Å². The molecule has 0 aliphatic carbocycles. The topological polar surface area (TPSA) is 35.5 Å². The van der Waals surface area contributed by atoms with E-state index in [-0.39, 0.29) is 0 Å². The number of halogens is 2. The molecule has 0 spiro atoms. The van der Waals surface area contributed by atoms with Crippen molar-refractivity contribution < 1.29 is 13.9 Å². The van der Waals surface area contributed by atoms with E-state index in [2.05, 4.69) is 5.32 Å². The average molecular weight is 214 g/mol. The fourth-order valence-corrected chi connectivity index (χ4v) is 1.66. The molecule has 3 nitrogen and oxygen atoms in total. The summed E-state index contributed by atoms with van der Waals surface area (Å²) in [6.07, 6.45) is 0. The molecule has 2 rings (SSSR count). The Bertz CT molecular complexity index is 341. The summed E-state index contributed by atoms with van der Waals surface area (Å²) in [6.45, 7) is 3.02. The molecule has 5 heteroatoms. The van der Waals surface area contributed by atoms with Crippen LogP contribution in [-0.4, -0.2) is 31.3 Å². The third-order valence-corrected chi connectivity index (χ3v) is 2.48. The predicted octanol–water partition coefficient (Wildman–Crippen LogP) is 1.08. The maximum atomic E-state index is 13.1. The van der Waals surface area contributed by atoms with Crippen molar-refractivity contribution >= 4 is 5.69 Å². The molecule has 0 saturated carbocycles. The SMILES string of the molecule is Oc1c(F)cc(N2CCNCC2)cc1F. The number of phenols is 1. The van der Waals surface area contributed by atoms with E-state index in [9.17, 15) is 8.78 Å². The Morgan fingerprint density at radius 1 is 1.13 bits per heavy atom. The largest absolute Gasteiger partial charge is 0.503 e. The summed E-state index contributed by atoms with van der Waals surface area (Å²) in [4.78, 5) is 1.88. The van der Waals surface area contributed by atoms with Gasteiger partial charge in [-0.1, -0.05) is 0 Å². The fourth-order valence-electron chi connectivity index (χ4n) is 1.66. The molecule has 82 valence electrons. The Balaban J connectivity index is 2.27. The monoisotopic (exact) mass is 214 g/mol. The van der Waals surface area contributed by atoms with Gasteiger partial charge in [-0.25, -0.2) is 8.78 Å². The van der Waals surface area contributed by atoms with Gasteiger partial charge in [0, 0.05) is 44.0 Å². The van der Waals surface area contributed by atoms with E-state index in [1.807, 2.05) is 4.90 Å². The highest BCUT2D eigenvalue weighted by Gasteiger charge is 2.15. The highest BCUT2D eigenvalue weighted by atomic mass is 19.1. The van der Waals surface area contributed by atoms with Crippen molar-refractivity contribution in [2.75, 3.05) is 31.1 Å². The molecule has 1 heterocycles. The first-order chi connectivity index (χ1) is 7.18. The van der Waals surface area contributed by atoms with Crippen LogP contribution in [0, 0.1) is 11.6 Å². The van der Waals surface area contributed by atoms with E-state index >= 15 is 0 Å².